The minimum absolute atomic E-state index is 0.149. The van der Waals surface area contributed by atoms with E-state index in [0.717, 1.165) is 12.1 Å². The molecule has 0 saturated heterocycles. The summed E-state index contributed by atoms with van der Waals surface area (Å²) < 4.78 is 28.2. The lowest BCUT2D eigenvalue weighted by Gasteiger charge is -2.28. The number of allylic oxidation sites excluding steroid dienone is 1. The molecule has 19 heavy (non-hydrogen) atoms. The van der Waals surface area contributed by atoms with Crippen molar-refractivity contribution in [2.24, 2.45) is 0 Å². The van der Waals surface area contributed by atoms with Gasteiger partial charge in [-0.3, -0.25) is 4.79 Å². The second-order valence-corrected chi connectivity index (χ2v) is 4.45. The number of rotatable bonds is 1. The molecule has 0 saturated carbocycles. The number of hydrogen-bond acceptors (Lipinski definition) is 1. The van der Waals surface area contributed by atoms with Gasteiger partial charge in [-0.25, -0.2) is 8.78 Å². The number of ketones is 1. The quantitative estimate of drug-likeness (QED) is 0.761. The van der Waals surface area contributed by atoms with Crippen molar-refractivity contribution in [1.82, 2.24) is 0 Å². The summed E-state index contributed by atoms with van der Waals surface area (Å²) >= 11 is 0. The van der Waals surface area contributed by atoms with Gasteiger partial charge in [0.25, 0.3) is 0 Å². The largest absolute Gasteiger partial charge is 0.290 e. The van der Waals surface area contributed by atoms with Crippen molar-refractivity contribution in [2.45, 2.75) is 5.67 Å². The minimum atomic E-state index is -2.24. The Morgan fingerprint density at radius 1 is 0.895 bits per heavy atom. The molecule has 1 nitrogen and oxygen atoms in total. The summed E-state index contributed by atoms with van der Waals surface area (Å²) in [4.78, 5) is 12.0. The molecule has 3 rings (SSSR count). The molecule has 0 N–H and O–H groups in total. The van der Waals surface area contributed by atoms with E-state index >= 15 is 4.39 Å². The molecule has 0 heterocycles. The number of carbonyl (C=O) groups is 1. The molecule has 0 aliphatic heterocycles. The third-order valence-electron chi connectivity index (χ3n) is 3.33. The van der Waals surface area contributed by atoms with Gasteiger partial charge in [-0.15, -0.1) is 0 Å². The van der Waals surface area contributed by atoms with Crippen molar-refractivity contribution in [1.29, 1.82) is 0 Å². The van der Waals surface area contributed by atoms with Gasteiger partial charge in [0.1, 0.15) is 5.82 Å². The van der Waals surface area contributed by atoms with Crippen molar-refractivity contribution in [3.63, 3.8) is 0 Å². The molecule has 0 aromatic heterocycles. The average Bonchev–Trinajstić information content (AvgIpc) is 2.44. The van der Waals surface area contributed by atoms with E-state index in [0.29, 0.717) is 11.1 Å². The summed E-state index contributed by atoms with van der Waals surface area (Å²) in [7, 11) is 0. The summed E-state index contributed by atoms with van der Waals surface area (Å²) in [6, 6.07) is 11.7. The van der Waals surface area contributed by atoms with Crippen LogP contribution in [0.1, 0.15) is 16.7 Å². The second kappa shape index (κ2) is 4.12. The van der Waals surface area contributed by atoms with Gasteiger partial charge in [0.05, 0.1) is 0 Å². The monoisotopic (exact) mass is 256 g/mol. The van der Waals surface area contributed by atoms with E-state index in [9.17, 15) is 9.18 Å². The molecule has 0 radical (unpaired) electrons. The maximum atomic E-state index is 15.3. The predicted octanol–water partition coefficient (Wildman–Crippen LogP) is 3.63. The first kappa shape index (κ1) is 11.8. The first-order chi connectivity index (χ1) is 9.12. The van der Waals surface area contributed by atoms with E-state index in [1.807, 2.05) is 0 Å². The smallest absolute Gasteiger partial charge is 0.223 e. The fraction of sp³-hybridized carbons (Fsp3) is 0.0625. The Morgan fingerprint density at radius 2 is 1.58 bits per heavy atom. The molecule has 3 heteroatoms. The van der Waals surface area contributed by atoms with Gasteiger partial charge >= 0.3 is 0 Å². The first-order valence-electron chi connectivity index (χ1n) is 5.89. The Labute approximate surface area is 109 Å². The highest BCUT2D eigenvalue weighted by Crippen LogP contribution is 2.40. The van der Waals surface area contributed by atoms with Gasteiger partial charge < -0.3 is 0 Å². The fourth-order valence-corrected chi connectivity index (χ4v) is 2.35. The number of benzene rings is 2. The van der Waals surface area contributed by atoms with Crippen LogP contribution in [0.2, 0.25) is 0 Å². The minimum Gasteiger partial charge on any atom is -0.290 e. The SMILES string of the molecule is O=C1C=Cc2ccccc2[C@@]1(F)c1ccc(F)cc1. The molecule has 1 aliphatic carbocycles. The number of halogens is 2. The maximum Gasteiger partial charge on any atom is 0.223 e. The molecule has 94 valence electrons. The van der Waals surface area contributed by atoms with E-state index in [-0.39, 0.29) is 5.56 Å². The Morgan fingerprint density at radius 3 is 2.32 bits per heavy atom. The molecule has 1 atom stereocenters. The van der Waals surface area contributed by atoms with Crippen LogP contribution < -0.4 is 0 Å². The summed E-state index contributed by atoms with van der Waals surface area (Å²) in [5.41, 5.74) is -1.13. The first-order valence-corrected chi connectivity index (χ1v) is 5.89. The van der Waals surface area contributed by atoms with Gasteiger partial charge in [-0.05, 0) is 23.8 Å². The van der Waals surface area contributed by atoms with Crippen LogP contribution in [0.15, 0.2) is 54.6 Å². The molecular formula is C16H10F2O. The van der Waals surface area contributed by atoms with Gasteiger partial charge in [-0.1, -0.05) is 42.5 Å². The molecule has 0 fully saturated rings. The Hall–Kier alpha value is -2.29. The van der Waals surface area contributed by atoms with Crippen LogP contribution >= 0.6 is 0 Å². The zero-order chi connectivity index (χ0) is 13.5. The van der Waals surface area contributed by atoms with Crippen LogP contribution in [-0.4, -0.2) is 5.78 Å². The Bertz CT molecular complexity index is 673. The normalized spacial score (nSPS) is 21.3. The predicted molar refractivity (Wildman–Crippen MR) is 68.8 cm³/mol. The molecular weight excluding hydrogens is 246 g/mol. The average molecular weight is 256 g/mol. The topological polar surface area (TPSA) is 17.1 Å². The molecule has 1 aliphatic rings. The van der Waals surface area contributed by atoms with Gasteiger partial charge in [0.2, 0.25) is 11.5 Å². The fourth-order valence-electron chi connectivity index (χ4n) is 2.35. The Balaban J connectivity index is 2.24. The van der Waals surface area contributed by atoms with E-state index < -0.39 is 17.3 Å². The van der Waals surface area contributed by atoms with Crippen LogP contribution in [0.5, 0.6) is 0 Å². The van der Waals surface area contributed by atoms with E-state index in [4.69, 9.17) is 0 Å². The van der Waals surface area contributed by atoms with E-state index in [2.05, 4.69) is 0 Å². The molecule has 2 aromatic carbocycles. The van der Waals surface area contributed by atoms with Crippen LogP contribution in [0.4, 0.5) is 8.78 Å². The highest BCUT2D eigenvalue weighted by molar-refractivity contribution is 6.06. The number of hydrogen-bond donors (Lipinski definition) is 0. The lowest BCUT2D eigenvalue weighted by Crippen LogP contribution is -2.33. The third-order valence-corrected chi connectivity index (χ3v) is 3.33. The van der Waals surface area contributed by atoms with Crippen molar-refractivity contribution >= 4 is 11.9 Å². The van der Waals surface area contributed by atoms with E-state index in [1.54, 1.807) is 30.3 Å². The lowest BCUT2D eigenvalue weighted by molar-refractivity contribution is -0.123. The molecule has 0 spiro atoms. The van der Waals surface area contributed by atoms with Crippen LogP contribution in [0.25, 0.3) is 6.08 Å². The van der Waals surface area contributed by atoms with Gasteiger partial charge in [-0.2, -0.15) is 0 Å². The van der Waals surface area contributed by atoms with Crippen LogP contribution in [-0.2, 0) is 10.5 Å². The van der Waals surface area contributed by atoms with Crippen molar-refractivity contribution in [3.05, 3.63) is 77.1 Å². The zero-order valence-corrected chi connectivity index (χ0v) is 9.94. The standard InChI is InChI=1S/C16H10F2O/c17-13-8-6-12(7-9-13)16(18)14-4-2-1-3-11(14)5-10-15(16)19/h1-10H/t16-/m0/s1. The van der Waals surface area contributed by atoms with Crippen molar-refractivity contribution in [2.75, 3.05) is 0 Å². The highest BCUT2D eigenvalue weighted by atomic mass is 19.1. The number of alkyl halides is 1. The lowest BCUT2D eigenvalue weighted by atomic mass is 9.79. The van der Waals surface area contributed by atoms with Gasteiger partial charge in [0, 0.05) is 11.1 Å². The molecule has 0 unspecified atom stereocenters. The summed E-state index contributed by atoms with van der Waals surface area (Å²) in [5, 5.41) is 0. The van der Waals surface area contributed by atoms with Crippen molar-refractivity contribution < 1.29 is 13.6 Å². The van der Waals surface area contributed by atoms with Crippen molar-refractivity contribution in [3.8, 4) is 0 Å². The molecule has 2 aromatic rings. The van der Waals surface area contributed by atoms with Gasteiger partial charge in [0.15, 0.2) is 0 Å². The zero-order valence-electron chi connectivity index (χ0n) is 9.94. The molecule has 0 bridgehead atoms. The molecule has 0 amide bonds. The second-order valence-electron chi connectivity index (χ2n) is 4.45. The van der Waals surface area contributed by atoms with Crippen LogP contribution in [0.3, 0.4) is 0 Å². The summed E-state index contributed by atoms with van der Waals surface area (Å²) in [6.45, 7) is 0. The third kappa shape index (κ3) is 1.70. The summed E-state index contributed by atoms with van der Waals surface area (Å²) in [5.74, 6) is -1.10. The number of fused-ring (bicyclic) bond motifs is 1. The summed E-state index contributed by atoms with van der Waals surface area (Å²) in [6.07, 6.45) is 2.82. The number of carbonyl (C=O) groups excluding carboxylic acids is 1. The van der Waals surface area contributed by atoms with Crippen LogP contribution in [0, 0.1) is 5.82 Å². The Kier molecular flexibility index (Phi) is 2.56. The maximum absolute atomic E-state index is 15.3. The highest BCUT2D eigenvalue weighted by Gasteiger charge is 2.43. The van der Waals surface area contributed by atoms with E-state index in [1.165, 1.54) is 18.2 Å².